The van der Waals surface area contributed by atoms with Gasteiger partial charge >= 0.3 is 5.97 Å². The minimum atomic E-state index is -0.357. The lowest BCUT2D eigenvalue weighted by atomic mass is 10.1. The molecule has 0 saturated heterocycles. The second-order valence-electron chi connectivity index (χ2n) is 3.49. The number of esters is 1. The third-order valence-electron chi connectivity index (χ3n) is 2.25. The Kier molecular flexibility index (Phi) is 3.04. The first-order valence-corrected chi connectivity index (χ1v) is 5.01. The van der Waals surface area contributed by atoms with Crippen molar-refractivity contribution in [1.29, 1.82) is 0 Å². The van der Waals surface area contributed by atoms with Crippen LogP contribution in [0.1, 0.15) is 15.9 Å². The molecule has 0 aliphatic rings. The lowest BCUT2D eigenvalue weighted by Crippen LogP contribution is -2.05. The molecule has 0 radical (unpaired) electrons. The van der Waals surface area contributed by atoms with Gasteiger partial charge in [-0.25, -0.2) is 14.5 Å². The maximum absolute atomic E-state index is 11.3. The second-order valence-corrected chi connectivity index (χ2v) is 3.49. The number of carbonyl (C=O) groups excluding carboxylic acids is 1. The van der Waals surface area contributed by atoms with Crippen molar-refractivity contribution in [2.24, 2.45) is 0 Å². The second kappa shape index (κ2) is 4.65. The summed E-state index contributed by atoms with van der Waals surface area (Å²) in [6, 6.07) is 7.14. The van der Waals surface area contributed by atoms with Gasteiger partial charge in [0.2, 0.25) is 5.95 Å². The van der Waals surface area contributed by atoms with Gasteiger partial charge in [-0.15, -0.1) is 5.10 Å². The van der Waals surface area contributed by atoms with Gasteiger partial charge in [0.25, 0.3) is 0 Å². The fourth-order valence-corrected chi connectivity index (χ4v) is 1.49. The van der Waals surface area contributed by atoms with Crippen LogP contribution in [0.4, 0.5) is 5.95 Å². The van der Waals surface area contributed by atoms with Gasteiger partial charge in [0, 0.05) is 0 Å². The third kappa shape index (κ3) is 2.60. The molecule has 0 aliphatic carbocycles. The molecule has 1 aromatic carbocycles. The van der Waals surface area contributed by atoms with Gasteiger partial charge < -0.3 is 10.5 Å². The van der Waals surface area contributed by atoms with Gasteiger partial charge in [0.1, 0.15) is 6.33 Å². The first-order valence-electron chi connectivity index (χ1n) is 5.01. The van der Waals surface area contributed by atoms with E-state index in [1.54, 1.807) is 29.2 Å². The van der Waals surface area contributed by atoms with Crippen LogP contribution in [0.5, 0.6) is 0 Å². The summed E-state index contributed by atoms with van der Waals surface area (Å²) in [7, 11) is 1.35. The molecule has 0 spiro atoms. The molecule has 0 bridgehead atoms. The van der Waals surface area contributed by atoms with Gasteiger partial charge in [-0.3, -0.25) is 0 Å². The number of nitrogens with two attached hydrogens (primary N) is 1. The number of carbonyl (C=O) groups is 1. The zero-order valence-electron chi connectivity index (χ0n) is 9.33. The van der Waals surface area contributed by atoms with E-state index in [1.165, 1.54) is 7.11 Å². The molecular weight excluding hydrogens is 220 g/mol. The van der Waals surface area contributed by atoms with Gasteiger partial charge in [-0.05, 0) is 17.7 Å². The number of benzene rings is 1. The quantitative estimate of drug-likeness (QED) is 0.787. The molecule has 2 rings (SSSR count). The standard InChI is InChI=1S/C11H12N4O2/c1-17-10(16)9-4-2-3-8(5-9)6-15-7-13-11(12)14-15/h2-5,7H,6H2,1H3,(H2,12,14). The van der Waals surface area contributed by atoms with E-state index in [0.717, 1.165) is 5.56 Å². The van der Waals surface area contributed by atoms with Crippen LogP contribution in [0, 0.1) is 0 Å². The molecule has 0 fully saturated rings. The summed E-state index contributed by atoms with van der Waals surface area (Å²) < 4.78 is 6.25. The minimum Gasteiger partial charge on any atom is -0.465 e. The Labute approximate surface area is 98.0 Å². The van der Waals surface area contributed by atoms with Crippen molar-refractivity contribution in [3.8, 4) is 0 Å². The molecular formula is C11H12N4O2. The Morgan fingerprint density at radius 1 is 1.53 bits per heavy atom. The number of anilines is 1. The molecule has 1 aromatic heterocycles. The van der Waals surface area contributed by atoms with Gasteiger partial charge in [-0.2, -0.15) is 0 Å². The number of hydrogen-bond acceptors (Lipinski definition) is 5. The average molecular weight is 232 g/mol. The fraction of sp³-hybridized carbons (Fsp3) is 0.182. The largest absolute Gasteiger partial charge is 0.465 e. The Morgan fingerprint density at radius 3 is 3.00 bits per heavy atom. The molecule has 17 heavy (non-hydrogen) atoms. The number of nitrogen functional groups attached to an aromatic ring is 1. The number of aromatic nitrogens is 3. The number of methoxy groups -OCH3 is 1. The highest BCUT2D eigenvalue weighted by molar-refractivity contribution is 5.89. The number of hydrogen-bond donors (Lipinski definition) is 1. The van der Waals surface area contributed by atoms with Crippen molar-refractivity contribution in [2.45, 2.75) is 6.54 Å². The van der Waals surface area contributed by atoms with E-state index in [2.05, 4.69) is 14.8 Å². The Bertz CT molecular complexity index is 536. The number of nitrogens with zero attached hydrogens (tertiary/aromatic N) is 3. The van der Waals surface area contributed by atoms with Crippen molar-refractivity contribution in [2.75, 3.05) is 12.8 Å². The van der Waals surface area contributed by atoms with Crippen molar-refractivity contribution >= 4 is 11.9 Å². The zero-order valence-corrected chi connectivity index (χ0v) is 9.33. The van der Waals surface area contributed by atoms with E-state index < -0.39 is 0 Å². The van der Waals surface area contributed by atoms with Crippen molar-refractivity contribution in [1.82, 2.24) is 14.8 Å². The summed E-state index contributed by atoms with van der Waals surface area (Å²) in [4.78, 5) is 15.2. The van der Waals surface area contributed by atoms with E-state index in [-0.39, 0.29) is 11.9 Å². The molecule has 1 heterocycles. The first-order chi connectivity index (χ1) is 8.19. The summed E-state index contributed by atoms with van der Waals surface area (Å²) in [6.07, 6.45) is 1.54. The van der Waals surface area contributed by atoms with Crippen LogP contribution in [0.25, 0.3) is 0 Å². The van der Waals surface area contributed by atoms with Gasteiger partial charge in [0.15, 0.2) is 0 Å². The van der Waals surface area contributed by atoms with E-state index in [1.807, 2.05) is 6.07 Å². The summed E-state index contributed by atoms with van der Waals surface area (Å²) in [6.45, 7) is 0.509. The topological polar surface area (TPSA) is 83.0 Å². The molecule has 0 atom stereocenters. The van der Waals surface area contributed by atoms with E-state index in [4.69, 9.17) is 5.73 Å². The highest BCUT2D eigenvalue weighted by Crippen LogP contribution is 2.08. The van der Waals surface area contributed by atoms with Gasteiger partial charge in [-0.1, -0.05) is 12.1 Å². The van der Waals surface area contributed by atoms with Crippen LogP contribution in [-0.4, -0.2) is 27.8 Å². The predicted octanol–water partition coefficient (Wildman–Crippen LogP) is 0.695. The SMILES string of the molecule is COC(=O)c1cccc(Cn2cnc(N)n2)c1. The smallest absolute Gasteiger partial charge is 0.337 e. The fourth-order valence-electron chi connectivity index (χ4n) is 1.49. The monoisotopic (exact) mass is 232 g/mol. The van der Waals surface area contributed by atoms with E-state index in [0.29, 0.717) is 12.1 Å². The van der Waals surface area contributed by atoms with Crippen LogP contribution < -0.4 is 5.73 Å². The molecule has 6 heteroatoms. The van der Waals surface area contributed by atoms with E-state index >= 15 is 0 Å². The lowest BCUT2D eigenvalue weighted by Gasteiger charge is -2.03. The van der Waals surface area contributed by atoms with E-state index in [9.17, 15) is 4.79 Å². The molecule has 0 amide bonds. The molecule has 0 saturated carbocycles. The lowest BCUT2D eigenvalue weighted by molar-refractivity contribution is 0.0600. The van der Waals surface area contributed by atoms with Crippen LogP contribution >= 0.6 is 0 Å². The number of rotatable bonds is 3. The molecule has 6 nitrogen and oxygen atoms in total. The normalized spacial score (nSPS) is 10.2. The summed E-state index contributed by atoms with van der Waals surface area (Å²) in [5.74, 6) is -0.126. The Balaban J connectivity index is 2.19. The van der Waals surface area contributed by atoms with Crippen molar-refractivity contribution < 1.29 is 9.53 Å². The predicted molar refractivity (Wildman–Crippen MR) is 61.3 cm³/mol. The minimum absolute atomic E-state index is 0.231. The summed E-state index contributed by atoms with van der Waals surface area (Å²) >= 11 is 0. The van der Waals surface area contributed by atoms with Crippen molar-refractivity contribution in [3.63, 3.8) is 0 Å². The highest BCUT2D eigenvalue weighted by atomic mass is 16.5. The molecule has 0 aliphatic heterocycles. The van der Waals surface area contributed by atoms with Gasteiger partial charge in [0.05, 0.1) is 19.2 Å². The van der Waals surface area contributed by atoms with Crippen LogP contribution in [0.15, 0.2) is 30.6 Å². The Hall–Kier alpha value is -2.37. The summed E-state index contributed by atoms with van der Waals surface area (Å²) in [5.41, 5.74) is 6.86. The molecule has 2 aromatic rings. The third-order valence-corrected chi connectivity index (χ3v) is 2.25. The van der Waals surface area contributed by atoms with Crippen LogP contribution in [0.2, 0.25) is 0 Å². The molecule has 0 unspecified atom stereocenters. The van der Waals surface area contributed by atoms with Crippen LogP contribution in [-0.2, 0) is 11.3 Å². The maximum atomic E-state index is 11.3. The Morgan fingerprint density at radius 2 is 2.35 bits per heavy atom. The summed E-state index contributed by atoms with van der Waals surface area (Å²) in [5, 5.41) is 3.97. The maximum Gasteiger partial charge on any atom is 0.337 e. The molecule has 88 valence electrons. The zero-order chi connectivity index (χ0) is 12.3. The highest BCUT2D eigenvalue weighted by Gasteiger charge is 2.06. The first kappa shape index (κ1) is 11.1. The van der Waals surface area contributed by atoms with Crippen LogP contribution in [0.3, 0.4) is 0 Å². The van der Waals surface area contributed by atoms with Crippen molar-refractivity contribution in [3.05, 3.63) is 41.7 Å². The average Bonchev–Trinajstić information content (AvgIpc) is 2.74. The molecule has 2 N–H and O–H groups in total. The number of ether oxygens (including phenoxy) is 1.